The van der Waals surface area contributed by atoms with Crippen LogP contribution in [0.4, 0.5) is 11.1 Å². The molecule has 0 amide bonds. The van der Waals surface area contributed by atoms with Gasteiger partial charge in [0.25, 0.3) is 0 Å². The maximum Gasteiger partial charge on any atom is 0.245 e. The number of methoxy groups -OCH3 is 3. The van der Waals surface area contributed by atoms with Crippen molar-refractivity contribution in [1.29, 1.82) is 0 Å². The van der Waals surface area contributed by atoms with Crippen molar-refractivity contribution in [3.63, 3.8) is 0 Å². The van der Waals surface area contributed by atoms with Crippen LogP contribution in [-0.2, 0) is 16.0 Å². The Morgan fingerprint density at radius 1 is 1.15 bits per heavy atom. The summed E-state index contributed by atoms with van der Waals surface area (Å²) in [6, 6.07) is 5.45. The first-order chi connectivity index (χ1) is 16.1. The van der Waals surface area contributed by atoms with E-state index >= 15 is 0 Å². The number of nitrogens with zero attached hydrogens (tertiary/aromatic N) is 6. The van der Waals surface area contributed by atoms with Gasteiger partial charge in [0.1, 0.15) is 22.6 Å². The van der Waals surface area contributed by atoms with Crippen molar-refractivity contribution in [2.45, 2.75) is 25.0 Å². The Hall–Kier alpha value is -3.38. The molecule has 1 aliphatic heterocycles. The first-order valence-corrected chi connectivity index (χ1v) is 11.2. The molecule has 12 heteroatoms. The molecule has 3 aromatic rings. The van der Waals surface area contributed by atoms with Crippen LogP contribution in [0, 0.1) is 0 Å². The summed E-state index contributed by atoms with van der Waals surface area (Å²) >= 11 is 1.36. The number of carbonyl (C=O) groups excluding carboxylic acids is 1. The Balaban J connectivity index is 1.37. The Morgan fingerprint density at radius 2 is 1.94 bits per heavy atom. The van der Waals surface area contributed by atoms with Crippen molar-refractivity contribution in [2.24, 2.45) is 0 Å². The summed E-state index contributed by atoms with van der Waals surface area (Å²) in [5, 5.41) is 21.0. The third-order valence-electron chi connectivity index (χ3n) is 5.27. The molecule has 0 unspecified atom stereocenters. The average molecular weight is 472 g/mol. The van der Waals surface area contributed by atoms with Gasteiger partial charge >= 0.3 is 0 Å². The molecule has 4 rings (SSSR count). The molecule has 2 aromatic heterocycles. The van der Waals surface area contributed by atoms with Crippen molar-refractivity contribution in [1.82, 2.24) is 25.4 Å². The molecule has 0 bridgehead atoms. The maximum atomic E-state index is 13.0. The monoisotopic (exact) mass is 471 g/mol. The minimum atomic E-state index is -0.766. The zero-order valence-electron chi connectivity index (χ0n) is 18.6. The maximum absolute atomic E-state index is 13.0. The van der Waals surface area contributed by atoms with Crippen LogP contribution in [-0.4, -0.2) is 71.6 Å². The van der Waals surface area contributed by atoms with E-state index in [4.69, 9.17) is 14.2 Å². The lowest BCUT2D eigenvalue weighted by atomic mass is 10.0. The highest BCUT2D eigenvalue weighted by Gasteiger charge is 2.26. The Kier molecular flexibility index (Phi) is 7.25. The summed E-state index contributed by atoms with van der Waals surface area (Å²) < 4.78 is 16.1. The van der Waals surface area contributed by atoms with Crippen LogP contribution in [0.3, 0.4) is 0 Å². The van der Waals surface area contributed by atoms with E-state index in [1.807, 2.05) is 0 Å². The summed E-state index contributed by atoms with van der Waals surface area (Å²) in [7, 11) is 4.62. The average Bonchev–Trinajstić information content (AvgIpc) is 3.49. The number of hydrogen-bond acceptors (Lipinski definition) is 12. The lowest BCUT2D eigenvalue weighted by Gasteiger charge is -2.16. The molecule has 1 N–H and O–H groups in total. The Bertz CT molecular complexity index is 1060. The summed E-state index contributed by atoms with van der Waals surface area (Å²) in [5.74, 6) is 1.66. The molecule has 2 atom stereocenters. The van der Waals surface area contributed by atoms with Gasteiger partial charge < -0.3 is 24.4 Å². The van der Waals surface area contributed by atoms with Crippen molar-refractivity contribution in [3.05, 3.63) is 41.2 Å². The third-order valence-corrected chi connectivity index (χ3v) is 6.12. The molecule has 1 fully saturated rings. The predicted molar refractivity (Wildman–Crippen MR) is 122 cm³/mol. The van der Waals surface area contributed by atoms with E-state index in [0.717, 1.165) is 19.5 Å². The first-order valence-electron chi connectivity index (χ1n) is 10.4. The zero-order valence-corrected chi connectivity index (χ0v) is 19.4. The number of ketones is 1. The fourth-order valence-corrected chi connectivity index (χ4v) is 4.51. The SMILES string of the molecule is COc1cc(OC)cc([C@@H](OC)C(=O)Cc2nnc(N[C@@H]3CCN(c4nccnn4)C3)s2)c1. The van der Waals surface area contributed by atoms with Crippen LogP contribution in [0.2, 0.25) is 0 Å². The van der Waals surface area contributed by atoms with Crippen LogP contribution in [0.1, 0.15) is 23.1 Å². The number of aromatic nitrogens is 5. The second kappa shape index (κ2) is 10.5. The van der Waals surface area contributed by atoms with E-state index in [-0.39, 0.29) is 18.2 Å². The normalized spacial score (nSPS) is 16.5. The summed E-state index contributed by atoms with van der Waals surface area (Å²) in [6.45, 7) is 1.57. The second-order valence-electron chi connectivity index (χ2n) is 7.42. The van der Waals surface area contributed by atoms with Gasteiger partial charge in [-0.3, -0.25) is 4.79 Å². The van der Waals surface area contributed by atoms with E-state index in [1.54, 1.807) is 44.8 Å². The quantitative estimate of drug-likeness (QED) is 0.466. The molecule has 174 valence electrons. The fourth-order valence-electron chi connectivity index (χ4n) is 3.68. The van der Waals surface area contributed by atoms with Gasteiger partial charge in [0, 0.05) is 32.3 Å². The van der Waals surface area contributed by atoms with Crippen molar-refractivity contribution < 1.29 is 19.0 Å². The molecule has 1 aliphatic rings. The smallest absolute Gasteiger partial charge is 0.245 e. The molecule has 0 spiro atoms. The van der Waals surface area contributed by atoms with Crippen LogP contribution < -0.4 is 19.7 Å². The molecule has 0 aliphatic carbocycles. The standard InChI is InChI=1S/C21H25N7O4S/c1-30-15-8-13(9-16(10-15)31-2)19(32-3)17(29)11-18-25-27-21(33-18)24-14-4-7-28(12-14)20-22-5-6-23-26-20/h5-6,8-10,14,19H,4,7,11-12H2,1-3H3,(H,24,27)/t14-,19-/m1/s1. The van der Waals surface area contributed by atoms with Crippen molar-refractivity contribution in [3.8, 4) is 11.5 Å². The largest absolute Gasteiger partial charge is 0.497 e. The number of Topliss-reactive ketones (excluding diaryl/α,β-unsaturated/α-hetero) is 1. The van der Waals surface area contributed by atoms with Crippen molar-refractivity contribution in [2.75, 3.05) is 44.6 Å². The molecular weight excluding hydrogens is 446 g/mol. The molecule has 0 saturated carbocycles. The fraction of sp³-hybridized carbons (Fsp3) is 0.429. The van der Waals surface area contributed by atoms with E-state index in [1.165, 1.54) is 18.4 Å². The van der Waals surface area contributed by atoms with Gasteiger partial charge in [-0.2, -0.15) is 5.10 Å². The van der Waals surface area contributed by atoms with Gasteiger partial charge in [0.2, 0.25) is 11.1 Å². The number of anilines is 2. The molecular formula is C21H25N7O4S. The number of carbonyl (C=O) groups is 1. The zero-order chi connectivity index (χ0) is 23.2. The topological polar surface area (TPSA) is 124 Å². The van der Waals surface area contributed by atoms with Crippen LogP contribution >= 0.6 is 11.3 Å². The highest BCUT2D eigenvalue weighted by Crippen LogP contribution is 2.30. The van der Waals surface area contributed by atoms with Gasteiger partial charge in [-0.05, 0) is 24.1 Å². The van der Waals surface area contributed by atoms with Crippen LogP contribution in [0.25, 0.3) is 0 Å². The molecule has 3 heterocycles. The number of nitrogens with one attached hydrogen (secondary N) is 1. The predicted octanol–water partition coefficient (Wildman–Crippen LogP) is 1.93. The molecule has 0 radical (unpaired) electrons. The lowest BCUT2D eigenvalue weighted by molar-refractivity contribution is -0.128. The van der Waals surface area contributed by atoms with Crippen LogP contribution in [0.5, 0.6) is 11.5 Å². The van der Waals surface area contributed by atoms with E-state index in [2.05, 4.69) is 35.6 Å². The second-order valence-corrected chi connectivity index (χ2v) is 8.49. The highest BCUT2D eigenvalue weighted by atomic mass is 32.1. The summed E-state index contributed by atoms with van der Waals surface area (Å²) in [6.07, 6.45) is 3.44. The number of hydrogen-bond donors (Lipinski definition) is 1. The van der Waals surface area contributed by atoms with E-state index in [0.29, 0.717) is 33.1 Å². The molecule has 33 heavy (non-hydrogen) atoms. The molecule has 11 nitrogen and oxygen atoms in total. The van der Waals surface area contributed by atoms with Gasteiger partial charge in [-0.25, -0.2) is 4.98 Å². The highest BCUT2D eigenvalue weighted by molar-refractivity contribution is 7.15. The van der Waals surface area contributed by atoms with Gasteiger partial charge in [0.05, 0.1) is 33.0 Å². The van der Waals surface area contributed by atoms with Gasteiger partial charge in [-0.15, -0.1) is 15.3 Å². The minimum Gasteiger partial charge on any atom is -0.497 e. The summed E-state index contributed by atoms with van der Waals surface area (Å²) in [4.78, 5) is 19.3. The van der Waals surface area contributed by atoms with Crippen molar-refractivity contribution >= 4 is 28.2 Å². The number of benzene rings is 1. The number of ether oxygens (including phenoxy) is 3. The van der Waals surface area contributed by atoms with Crippen LogP contribution in [0.15, 0.2) is 30.6 Å². The van der Waals surface area contributed by atoms with Gasteiger partial charge in [0.15, 0.2) is 5.78 Å². The lowest BCUT2D eigenvalue weighted by Crippen LogP contribution is -2.27. The summed E-state index contributed by atoms with van der Waals surface area (Å²) in [5.41, 5.74) is 0.658. The Labute approximate surface area is 195 Å². The number of rotatable bonds is 10. The molecule has 1 aromatic carbocycles. The molecule has 1 saturated heterocycles. The van der Waals surface area contributed by atoms with Gasteiger partial charge in [-0.1, -0.05) is 11.3 Å². The van der Waals surface area contributed by atoms with E-state index in [9.17, 15) is 4.79 Å². The minimum absolute atomic E-state index is 0.109. The first kappa shape index (κ1) is 22.8. The van der Waals surface area contributed by atoms with E-state index < -0.39 is 6.10 Å². The Morgan fingerprint density at radius 3 is 2.61 bits per heavy atom. The third kappa shape index (κ3) is 5.52.